The Hall–Kier alpha value is -1.28. The summed E-state index contributed by atoms with van der Waals surface area (Å²) in [5.41, 5.74) is 2.74. The molecule has 1 fully saturated rings. The molecule has 2 nitrogen and oxygen atoms in total. The zero-order valence-electron chi connectivity index (χ0n) is 12.1. The van der Waals surface area contributed by atoms with E-state index in [4.69, 9.17) is 0 Å². The molecule has 1 aliphatic heterocycles. The Labute approximate surface area is 117 Å². The second kappa shape index (κ2) is 7.34. The summed E-state index contributed by atoms with van der Waals surface area (Å²) in [6.07, 6.45) is 7.05. The second-order valence-corrected chi connectivity index (χ2v) is 5.52. The van der Waals surface area contributed by atoms with Crippen LogP contribution in [-0.2, 0) is 6.54 Å². The molecule has 104 valence electrons. The van der Waals surface area contributed by atoms with Gasteiger partial charge in [0.25, 0.3) is 0 Å². The van der Waals surface area contributed by atoms with Gasteiger partial charge in [0.1, 0.15) is 0 Å². The van der Waals surface area contributed by atoms with E-state index < -0.39 is 0 Å². The smallest absolute Gasteiger partial charge is 0.0366 e. The van der Waals surface area contributed by atoms with Crippen LogP contribution in [0.5, 0.6) is 0 Å². The minimum absolute atomic E-state index is 0.499. The maximum atomic E-state index is 3.77. The monoisotopic (exact) mass is 258 g/mol. The maximum absolute atomic E-state index is 3.77. The van der Waals surface area contributed by atoms with E-state index in [1.54, 1.807) is 0 Å². The summed E-state index contributed by atoms with van der Waals surface area (Å²) in [5, 5.41) is 3.51. The van der Waals surface area contributed by atoms with Crippen LogP contribution in [0.25, 0.3) is 0 Å². The van der Waals surface area contributed by atoms with Crippen LogP contribution < -0.4 is 10.2 Å². The standard InChI is InChI=1S/C17H26N2/c1-3-7-15(2)18-14-16-8-10-17(11-9-16)19-12-5-4-6-13-19/h3,8-11,15,18H,1,4-7,12-14H2,2H3. The number of nitrogens with one attached hydrogen (secondary N) is 1. The lowest BCUT2D eigenvalue weighted by Crippen LogP contribution is -2.29. The Morgan fingerprint density at radius 3 is 2.53 bits per heavy atom. The molecule has 0 radical (unpaired) electrons. The van der Waals surface area contributed by atoms with Gasteiger partial charge in [0, 0.05) is 31.4 Å². The van der Waals surface area contributed by atoms with Gasteiger partial charge in [-0.15, -0.1) is 6.58 Å². The lowest BCUT2D eigenvalue weighted by Gasteiger charge is -2.28. The van der Waals surface area contributed by atoms with Gasteiger partial charge in [0.2, 0.25) is 0 Å². The van der Waals surface area contributed by atoms with E-state index in [-0.39, 0.29) is 0 Å². The van der Waals surface area contributed by atoms with Crippen molar-refractivity contribution in [2.24, 2.45) is 0 Å². The maximum Gasteiger partial charge on any atom is 0.0366 e. The van der Waals surface area contributed by atoms with Gasteiger partial charge in [-0.05, 0) is 50.3 Å². The number of benzene rings is 1. The van der Waals surface area contributed by atoms with Crippen LogP contribution in [0.3, 0.4) is 0 Å². The molecule has 0 saturated carbocycles. The molecular weight excluding hydrogens is 232 g/mol. The summed E-state index contributed by atoms with van der Waals surface area (Å²) in [6.45, 7) is 9.34. The minimum atomic E-state index is 0.499. The van der Waals surface area contributed by atoms with Crippen LogP contribution in [0, 0.1) is 0 Å². The molecule has 19 heavy (non-hydrogen) atoms. The average molecular weight is 258 g/mol. The largest absolute Gasteiger partial charge is 0.372 e. The number of nitrogens with zero attached hydrogens (tertiary/aromatic N) is 1. The Morgan fingerprint density at radius 1 is 1.21 bits per heavy atom. The van der Waals surface area contributed by atoms with Crippen LogP contribution in [0.2, 0.25) is 0 Å². The van der Waals surface area contributed by atoms with Gasteiger partial charge in [-0.25, -0.2) is 0 Å². The highest BCUT2D eigenvalue weighted by molar-refractivity contribution is 5.47. The predicted octanol–water partition coefficient (Wildman–Crippen LogP) is 3.73. The van der Waals surface area contributed by atoms with Crippen molar-refractivity contribution in [2.45, 2.75) is 45.2 Å². The van der Waals surface area contributed by atoms with E-state index in [1.165, 1.54) is 43.6 Å². The van der Waals surface area contributed by atoms with Gasteiger partial charge >= 0.3 is 0 Å². The van der Waals surface area contributed by atoms with E-state index >= 15 is 0 Å². The van der Waals surface area contributed by atoms with Crippen LogP contribution in [-0.4, -0.2) is 19.1 Å². The zero-order chi connectivity index (χ0) is 13.5. The van der Waals surface area contributed by atoms with E-state index in [9.17, 15) is 0 Å². The molecule has 1 heterocycles. The van der Waals surface area contributed by atoms with Crippen molar-refractivity contribution in [3.05, 3.63) is 42.5 Å². The topological polar surface area (TPSA) is 15.3 Å². The summed E-state index contributed by atoms with van der Waals surface area (Å²) in [5.74, 6) is 0. The molecule has 2 heteroatoms. The van der Waals surface area contributed by atoms with Gasteiger partial charge in [0.05, 0.1) is 0 Å². The average Bonchev–Trinajstić information content (AvgIpc) is 2.47. The van der Waals surface area contributed by atoms with Crippen molar-refractivity contribution < 1.29 is 0 Å². The fraction of sp³-hybridized carbons (Fsp3) is 0.529. The van der Waals surface area contributed by atoms with Crippen molar-refractivity contribution in [3.8, 4) is 0 Å². The summed E-state index contributed by atoms with van der Waals surface area (Å²) >= 11 is 0. The highest BCUT2D eigenvalue weighted by Gasteiger charge is 2.10. The third-order valence-electron chi connectivity index (χ3n) is 3.83. The first-order chi connectivity index (χ1) is 9.29. The molecule has 1 aliphatic rings. The van der Waals surface area contributed by atoms with Crippen molar-refractivity contribution in [1.82, 2.24) is 5.32 Å². The quantitative estimate of drug-likeness (QED) is 0.782. The first kappa shape index (κ1) is 14.1. The van der Waals surface area contributed by atoms with E-state index in [0.717, 1.165) is 13.0 Å². The van der Waals surface area contributed by atoms with Gasteiger partial charge in [-0.1, -0.05) is 18.2 Å². The van der Waals surface area contributed by atoms with Crippen LogP contribution >= 0.6 is 0 Å². The summed E-state index contributed by atoms with van der Waals surface area (Å²) in [4.78, 5) is 2.50. The van der Waals surface area contributed by atoms with Crippen LogP contribution in [0.1, 0.15) is 38.2 Å². The van der Waals surface area contributed by atoms with E-state index in [2.05, 4.69) is 48.0 Å². The highest BCUT2D eigenvalue weighted by Crippen LogP contribution is 2.20. The van der Waals surface area contributed by atoms with Crippen molar-refractivity contribution >= 4 is 5.69 Å². The minimum Gasteiger partial charge on any atom is -0.372 e. The van der Waals surface area contributed by atoms with Crippen molar-refractivity contribution in [3.63, 3.8) is 0 Å². The zero-order valence-corrected chi connectivity index (χ0v) is 12.1. The fourth-order valence-electron chi connectivity index (χ4n) is 2.60. The molecule has 0 bridgehead atoms. The van der Waals surface area contributed by atoms with Crippen LogP contribution in [0.15, 0.2) is 36.9 Å². The van der Waals surface area contributed by atoms with Crippen molar-refractivity contribution in [1.29, 1.82) is 0 Å². The summed E-state index contributed by atoms with van der Waals surface area (Å²) in [7, 11) is 0. The summed E-state index contributed by atoms with van der Waals surface area (Å²) < 4.78 is 0. The van der Waals surface area contributed by atoms with Gasteiger partial charge in [0.15, 0.2) is 0 Å². The number of hydrogen-bond acceptors (Lipinski definition) is 2. The molecule has 1 saturated heterocycles. The Morgan fingerprint density at radius 2 is 1.89 bits per heavy atom. The van der Waals surface area contributed by atoms with Gasteiger partial charge < -0.3 is 10.2 Å². The Kier molecular flexibility index (Phi) is 5.46. The molecule has 0 aromatic heterocycles. The lowest BCUT2D eigenvalue weighted by molar-refractivity contribution is 0.553. The predicted molar refractivity (Wildman–Crippen MR) is 83.6 cm³/mol. The molecule has 0 aliphatic carbocycles. The third kappa shape index (κ3) is 4.39. The normalized spacial score (nSPS) is 17.2. The van der Waals surface area contributed by atoms with E-state index in [1.807, 2.05) is 6.08 Å². The molecule has 1 aromatic carbocycles. The molecular formula is C17H26N2. The second-order valence-electron chi connectivity index (χ2n) is 5.52. The fourth-order valence-corrected chi connectivity index (χ4v) is 2.60. The summed E-state index contributed by atoms with van der Waals surface area (Å²) in [6, 6.07) is 9.52. The molecule has 0 amide bonds. The Bertz CT molecular complexity index is 377. The molecule has 1 aromatic rings. The van der Waals surface area contributed by atoms with E-state index in [0.29, 0.717) is 6.04 Å². The molecule has 1 unspecified atom stereocenters. The number of anilines is 1. The molecule has 1 atom stereocenters. The molecule has 0 spiro atoms. The molecule has 1 N–H and O–H groups in total. The Balaban J connectivity index is 1.85. The number of rotatable bonds is 6. The molecule has 2 rings (SSSR count). The first-order valence-corrected chi connectivity index (χ1v) is 7.48. The number of piperidine rings is 1. The van der Waals surface area contributed by atoms with Gasteiger partial charge in [-0.3, -0.25) is 0 Å². The van der Waals surface area contributed by atoms with Crippen molar-refractivity contribution in [2.75, 3.05) is 18.0 Å². The number of hydrogen-bond donors (Lipinski definition) is 1. The van der Waals surface area contributed by atoms with Crippen LogP contribution in [0.4, 0.5) is 5.69 Å². The first-order valence-electron chi connectivity index (χ1n) is 7.48. The highest BCUT2D eigenvalue weighted by atomic mass is 15.1. The van der Waals surface area contributed by atoms with Gasteiger partial charge in [-0.2, -0.15) is 0 Å². The SMILES string of the molecule is C=CCC(C)NCc1ccc(N2CCCCC2)cc1. The third-order valence-corrected chi connectivity index (χ3v) is 3.83. The lowest BCUT2D eigenvalue weighted by atomic mass is 10.1.